The molecule has 0 bridgehead atoms. The molecule has 0 fully saturated rings. The van der Waals surface area contributed by atoms with Gasteiger partial charge in [0.2, 0.25) is 0 Å². The van der Waals surface area contributed by atoms with Crippen molar-refractivity contribution >= 4 is 0 Å². The molecule has 2 atom stereocenters. The minimum Gasteiger partial charge on any atom is -0.390 e. The molecule has 0 aromatic heterocycles. The maximum Gasteiger partial charge on any atom is 0.0667 e. The van der Waals surface area contributed by atoms with E-state index in [-0.39, 0.29) is 5.92 Å². The molecule has 0 aromatic carbocycles. The zero-order chi connectivity index (χ0) is 8.91. The van der Waals surface area contributed by atoms with Crippen molar-refractivity contribution in [3.8, 4) is 0 Å². The fourth-order valence-corrected chi connectivity index (χ4v) is 1.18. The minimum absolute atomic E-state index is 0.215. The van der Waals surface area contributed by atoms with Gasteiger partial charge >= 0.3 is 0 Å². The summed E-state index contributed by atoms with van der Waals surface area (Å²) in [5.41, 5.74) is -0.565. The second kappa shape index (κ2) is 4.73. The highest BCUT2D eigenvalue weighted by Gasteiger charge is 2.26. The third kappa shape index (κ3) is 3.73. The summed E-state index contributed by atoms with van der Waals surface area (Å²) in [4.78, 5) is 0. The van der Waals surface area contributed by atoms with Gasteiger partial charge in [-0.1, -0.05) is 20.3 Å². The Balaban J connectivity index is 3.83. The Kier molecular flexibility index (Phi) is 4.69. The lowest BCUT2D eigenvalue weighted by molar-refractivity contribution is -0.0317. The Morgan fingerprint density at radius 3 is 2.45 bits per heavy atom. The highest BCUT2D eigenvalue weighted by atomic mass is 16.5. The number of aliphatic hydroxyl groups is 1. The standard InChI is InChI=1S/C9H20O2/c1-5-6-9(3,10)8(2)7-11-4/h8,10H,5-7H2,1-4H3. The summed E-state index contributed by atoms with van der Waals surface area (Å²) in [5, 5.41) is 9.83. The van der Waals surface area contributed by atoms with Gasteiger partial charge in [0.1, 0.15) is 0 Å². The smallest absolute Gasteiger partial charge is 0.0667 e. The van der Waals surface area contributed by atoms with Crippen LogP contribution in [0.1, 0.15) is 33.6 Å². The molecule has 0 aromatic rings. The van der Waals surface area contributed by atoms with Crippen molar-refractivity contribution in [2.24, 2.45) is 5.92 Å². The molecule has 0 rings (SSSR count). The number of hydrogen-bond acceptors (Lipinski definition) is 2. The molecular formula is C9H20O2. The second-order valence-corrected chi connectivity index (χ2v) is 3.46. The Morgan fingerprint density at radius 2 is 2.09 bits per heavy atom. The van der Waals surface area contributed by atoms with Gasteiger partial charge in [0.05, 0.1) is 12.2 Å². The van der Waals surface area contributed by atoms with Crippen molar-refractivity contribution in [3.63, 3.8) is 0 Å². The van der Waals surface area contributed by atoms with E-state index >= 15 is 0 Å². The molecule has 0 saturated heterocycles. The quantitative estimate of drug-likeness (QED) is 0.664. The molecule has 0 spiro atoms. The van der Waals surface area contributed by atoms with E-state index in [2.05, 4.69) is 6.92 Å². The number of hydrogen-bond donors (Lipinski definition) is 1. The Labute approximate surface area is 69.6 Å². The third-order valence-electron chi connectivity index (χ3n) is 2.23. The summed E-state index contributed by atoms with van der Waals surface area (Å²) in [5.74, 6) is 0.215. The van der Waals surface area contributed by atoms with Crippen LogP contribution in [-0.4, -0.2) is 24.4 Å². The van der Waals surface area contributed by atoms with Crippen molar-refractivity contribution < 1.29 is 9.84 Å². The van der Waals surface area contributed by atoms with E-state index in [0.717, 1.165) is 12.8 Å². The lowest BCUT2D eigenvalue weighted by Crippen LogP contribution is -2.35. The Morgan fingerprint density at radius 1 is 1.55 bits per heavy atom. The van der Waals surface area contributed by atoms with Crippen molar-refractivity contribution in [1.82, 2.24) is 0 Å². The van der Waals surface area contributed by atoms with Crippen LogP contribution in [-0.2, 0) is 4.74 Å². The fraction of sp³-hybridized carbons (Fsp3) is 1.00. The molecule has 0 amide bonds. The van der Waals surface area contributed by atoms with E-state index in [9.17, 15) is 5.11 Å². The summed E-state index contributed by atoms with van der Waals surface area (Å²) in [6, 6.07) is 0. The zero-order valence-corrected chi connectivity index (χ0v) is 8.05. The van der Waals surface area contributed by atoms with Crippen LogP contribution in [0.15, 0.2) is 0 Å². The summed E-state index contributed by atoms with van der Waals surface area (Å²) < 4.78 is 4.98. The Bertz CT molecular complexity index is 99.7. The molecule has 11 heavy (non-hydrogen) atoms. The third-order valence-corrected chi connectivity index (χ3v) is 2.23. The van der Waals surface area contributed by atoms with Gasteiger partial charge in [0.25, 0.3) is 0 Å². The van der Waals surface area contributed by atoms with Gasteiger partial charge < -0.3 is 9.84 Å². The minimum atomic E-state index is -0.565. The maximum atomic E-state index is 9.83. The van der Waals surface area contributed by atoms with Crippen LogP contribution >= 0.6 is 0 Å². The van der Waals surface area contributed by atoms with Crippen LogP contribution in [0.3, 0.4) is 0 Å². The van der Waals surface area contributed by atoms with E-state index in [0.29, 0.717) is 6.61 Å². The first-order chi connectivity index (χ1) is 5.04. The van der Waals surface area contributed by atoms with Crippen LogP contribution in [0, 0.1) is 5.92 Å². The van der Waals surface area contributed by atoms with Gasteiger partial charge in [0, 0.05) is 13.0 Å². The van der Waals surface area contributed by atoms with Gasteiger partial charge in [-0.05, 0) is 13.3 Å². The highest BCUT2D eigenvalue weighted by molar-refractivity contribution is 4.77. The summed E-state index contributed by atoms with van der Waals surface area (Å²) >= 11 is 0. The van der Waals surface area contributed by atoms with Gasteiger partial charge in [-0.3, -0.25) is 0 Å². The summed E-state index contributed by atoms with van der Waals surface area (Å²) in [6.45, 7) is 6.60. The van der Waals surface area contributed by atoms with Crippen molar-refractivity contribution in [2.45, 2.75) is 39.2 Å². The van der Waals surface area contributed by atoms with Gasteiger partial charge in [-0.15, -0.1) is 0 Å². The lowest BCUT2D eigenvalue weighted by Gasteiger charge is -2.29. The zero-order valence-electron chi connectivity index (χ0n) is 8.05. The molecule has 2 heteroatoms. The van der Waals surface area contributed by atoms with Crippen LogP contribution in [0.4, 0.5) is 0 Å². The monoisotopic (exact) mass is 160 g/mol. The maximum absolute atomic E-state index is 9.83. The van der Waals surface area contributed by atoms with Gasteiger partial charge in [0.15, 0.2) is 0 Å². The first kappa shape index (κ1) is 10.9. The number of rotatable bonds is 5. The molecular weight excluding hydrogens is 140 g/mol. The average molecular weight is 160 g/mol. The van der Waals surface area contributed by atoms with Crippen molar-refractivity contribution in [1.29, 1.82) is 0 Å². The van der Waals surface area contributed by atoms with Crippen molar-refractivity contribution in [2.75, 3.05) is 13.7 Å². The molecule has 0 heterocycles. The predicted molar refractivity (Wildman–Crippen MR) is 46.6 cm³/mol. The highest BCUT2D eigenvalue weighted by Crippen LogP contribution is 2.22. The van der Waals surface area contributed by atoms with E-state index in [1.807, 2.05) is 13.8 Å². The first-order valence-corrected chi connectivity index (χ1v) is 4.26. The lowest BCUT2D eigenvalue weighted by atomic mass is 9.87. The van der Waals surface area contributed by atoms with Crippen LogP contribution < -0.4 is 0 Å². The van der Waals surface area contributed by atoms with Gasteiger partial charge in [-0.25, -0.2) is 0 Å². The molecule has 0 aliphatic carbocycles. The van der Waals surface area contributed by atoms with E-state index in [1.54, 1.807) is 7.11 Å². The molecule has 0 saturated carbocycles. The van der Waals surface area contributed by atoms with Crippen molar-refractivity contribution in [3.05, 3.63) is 0 Å². The van der Waals surface area contributed by atoms with Crippen LogP contribution in [0.2, 0.25) is 0 Å². The predicted octanol–water partition coefficient (Wildman–Crippen LogP) is 1.82. The topological polar surface area (TPSA) is 29.5 Å². The van der Waals surface area contributed by atoms with E-state index in [1.165, 1.54) is 0 Å². The van der Waals surface area contributed by atoms with Crippen LogP contribution in [0.5, 0.6) is 0 Å². The molecule has 1 N–H and O–H groups in total. The number of methoxy groups -OCH3 is 1. The summed E-state index contributed by atoms with van der Waals surface area (Å²) in [7, 11) is 1.67. The molecule has 68 valence electrons. The fourth-order valence-electron chi connectivity index (χ4n) is 1.18. The normalized spacial score (nSPS) is 19.4. The van der Waals surface area contributed by atoms with Gasteiger partial charge in [-0.2, -0.15) is 0 Å². The molecule has 0 radical (unpaired) electrons. The Hall–Kier alpha value is -0.0800. The second-order valence-electron chi connectivity index (χ2n) is 3.46. The first-order valence-electron chi connectivity index (χ1n) is 4.26. The van der Waals surface area contributed by atoms with E-state index < -0.39 is 5.60 Å². The SMILES string of the molecule is CCCC(C)(O)C(C)COC. The summed E-state index contributed by atoms with van der Waals surface area (Å²) in [6.07, 6.45) is 1.86. The van der Waals surface area contributed by atoms with Crippen LogP contribution in [0.25, 0.3) is 0 Å². The molecule has 0 aliphatic heterocycles. The molecule has 2 nitrogen and oxygen atoms in total. The average Bonchev–Trinajstić information content (AvgIpc) is 1.88. The van der Waals surface area contributed by atoms with E-state index in [4.69, 9.17) is 4.74 Å². The molecule has 2 unspecified atom stereocenters. The molecule has 0 aliphatic rings. The largest absolute Gasteiger partial charge is 0.390 e. The number of ether oxygens (including phenoxy) is 1.